The average Bonchev–Trinajstić information content (AvgIpc) is 3.13. The van der Waals surface area contributed by atoms with E-state index >= 15 is 0 Å². The van der Waals surface area contributed by atoms with Gasteiger partial charge in [0.05, 0.1) is 33.2 Å². The van der Waals surface area contributed by atoms with Crippen molar-refractivity contribution < 1.29 is 28.8 Å². The van der Waals surface area contributed by atoms with Crippen molar-refractivity contribution in [1.29, 1.82) is 0 Å². The molecule has 0 bridgehead atoms. The van der Waals surface area contributed by atoms with E-state index in [-0.39, 0.29) is 17.8 Å². The summed E-state index contributed by atoms with van der Waals surface area (Å²) >= 11 is 0. The van der Waals surface area contributed by atoms with Gasteiger partial charge in [-0.15, -0.1) is 0 Å². The van der Waals surface area contributed by atoms with Crippen LogP contribution in [-0.4, -0.2) is 61.6 Å². The Morgan fingerprint density at radius 3 is 2.28 bits per heavy atom. The summed E-state index contributed by atoms with van der Waals surface area (Å²) in [7, 11) is 3.37. The first kappa shape index (κ1) is 23.5. The van der Waals surface area contributed by atoms with Gasteiger partial charge in [-0.3, -0.25) is 0 Å². The van der Waals surface area contributed by atoms with E-state index in [9.17, 15) is 9.90 Å². The quantitative estimate of drug-likeness (QED) is 0.356. The molecule has 0 aliphatic rings. The molecule has 0 aliphatic heterocycles. The number of aromatic carboxylic acids is 1. The van der Waals surface area contributed by atoms with Crippen molar-refractivity contribution >= 4 is 25.2 Å². The molecule has 1 N–H and O–H groups in total. The van der Waals surface area contributed by atoms with E-state index in [0.29, 0.717) is 40.8 Å². The lowest BCUT2D eigenvalue weighted by molar-refractivity contribution is 0.0696. The van der Waals surface area contributed by atoms with Crippen molar-refractivity contribution in [1.82, 2.24) is 14.5 Å². The normalized spacial score (nSPS) is 11.6. The molecule has 10 heteroatoms. The second-order valence-corrected chi connectivity index (χ2v) is 14.1. The third-order valence-electron chi connectivity index (χ3n) is 4.98. The highest BCUT2D eigenvalue weighted by molar-refractivity contribution is 6.76. The van der Waals surface area contributed by atoms with Crippen LogP contribution in [0.4, 0.5) is 0 Å². The number of ether oxygens (including phenoxy) is 4. The van der Waals surface area contributed by atoms with Crippen molar-refractivity contribution in [3.05, 3.63) is 30.1 Å². The Kier molecular flexibility index (Phi) is 7.05. The van der Waals surface area contributed by atoms with E-state index in [0.717, 1.165) is 6.04 Å². The van der Waals surface area contributed by atoms with Gasteiger partial charge < -0.3 is 28.6 Å². The maximum absolute atomic E-state index is 11.8. The van der Waals surface area contributed by atoms with Gasteiger partial charge >= 0.3 is 5.97 Å². The molecule has 3 rings (SSSR count). The predicted octanol–water partition coefficient (Wildman–Crippen LogP) is 4.13. The number of rotatable bonds is 10. The van der Waals surface area contributed by atoms with E-state index in [1.165, 1.54) is 27.5 Å². The van der Waals surface area contributed by atoms with E-state index in [1.54, 1.807) is 22.9 Å². The minimum atomic E-state index is -1.22. The number of methoxy groups -OCH3 is 3. The number of nitrogens with zero attached hydrogens (tertiary/aromatic N) is 3. The highest BCUT2D eigenvalue weighted by Crippen LogP contribution is 2.41. The Morgan fingerprint density at radius 2 is 1.75 bits per heavy atom. The second kappa shape index (κ2) is 9.57. The molecule has 0 unspecified atom stereocenters. The van der Waals surface area contributed by atoms with Gasteiger partial charge in [0.25, 0.3) is 0 Å². The van der Waals surface area contributed by atoms with Crippen molar-refractivity contribution in [3.63, 3.8) is 0 Å². The molecule has 0 spiro atoms. The fourth-order valence-corrected chi connectivity index (χ4v) is 3.97. The summed E-state index contributed by atoms with van der Waals surface area (Å²) in [6, 6.07) is 4.51. The lowest BCUT2D eigenvalue weighted by Gasteiger charge is -2.15. The van der Waals surface area contributed by atoms with Crippen molar-refractivity contribution in [2.45, 2.75) is 32.4 Å². The van der Waals surface area contributed by atoms with Gasteiger partial charge in [0, 0.05) is 26.4 Å². The van der Waals surface area contributed by atoms with Crippen LogP contribution < -0.4 is 14.2 Å². The summed E-state index contributed by atoms with van der Waals surface area (Å²) in [5.41, 5.74) is 1.95. The molecule has 0 aliphatic carbocycles. The number of carboxylic acids is 1. The van der Waals surface area contributed by atoms with Crippen molar-refractivity contribution in [2.24, 2.45) is 0 Å². The molecule has 2 heterocycles. The number of hydrogen-bond donors (Lipinski definition) is 1. The SMILES string of the molecule is COc1cc(-c2cnc3c(n2)c(C(=O)O)cn3COCC[Si](C)(C)C)cc(OC)c1OC. The number of hydrogen-bond acceptors (Lipinski definition) is 7. The number of carboxylic acid groups (broad SMARTS) is 1. The molecule has 0 radical (unpaired) electrons. The van der Waals surface area contributed by atoms with Crippen molar-refractivity contribution in [3.8, 4) is 28.5 Å². The fraction of sp³-hybridized carbons (Fsp3) is 0.409. The minimum absolute atomic E-state index is 0.0654. The van der Waals surface area contributed by atoms with Crippen LogP contribution in [-0.2, 0) is 11.5 Å². The summed E-state index contributed by atoms with van der Waals surface area (Å²) in [6.07, 6.45) is 3.10. The van der Waals surface area contributed by atoms with Gasteiger partial charge in [0.1, 0.15) is 17.8 Å². The lowest BCUT2D eigenvalue weighted by atomic mass is 10.1. The number of fused-ring (bicyclic) bond motifs is 1. The summed E-state index contributed by atoms with van der Waals surface area (Å²) in [6.45, 7) is 7.67. The van der Waals surface area contributed by atoms with E-state index < -0.39 is 14.0 Å². The smallest absolute Gasteiger partial charge is 0.339 e. The summed E-state index contributed by atoms with van der Waals surface area (Å²) < 4.78 is 23.6. The van der Waals surface area contributed by atoms with Crippen LogP contribution in [0.1, 0.15) is 10.4 Å². The van der Waals surface area contributed by atoms with Gasteiger partial charge in [0.15, 0.2) is 17.1 Å². The zero-order valence-electron chi connectivity index (χ0n) is 19.3. The lowest BCUT2D eigenvalue weighted by Crippen LogP contribution is -2.22. The molecule has 0 fully saturated rings. The monoisotopic (exact) mass is 459 g/mol. The Morgan fingerprint density at radius 1 is 1.09 bits per heavy atom. The summed E-state index contributed by atoms with van der Waals surface area (Å²) in [4.78, 5) is 20.9. The first-order chi connectivity index (χ1) is 15.2. The van der Waals surface area contributed by atoms with Gasteiger partial charge in [-0.25, -0.2) is 14.8 Å². The van der Waals surface area contributed by atoms with Gasteiger partial charge in [-0.05, 0) is 18.2 Å². The molecular formula is C22H29N3O6Si. The van der Waals surface area contributed by atoms with Gasteiger partial charge in [-0.2, -0.15) is 0 Å². The first-order valence-electron chi connectivity index (χ1n) is 10.2. The standard InChI is InChI=1S/C22H29N3O6Si/c1-28-17-9-14(10-18(29-2)20(17)30-3)16-11-23-21-19(24-16)15(22(26)27)12-25(21)13-31-7-8-32(4,5)6/h9-12H,7-8,13H2,1-6H3,(H,26,27). The molecular weight excluding hydrogens is 430 g/mol. The zero-order valence-corrected chi connectivity index (χ0v) is 20.3. The van der Waals surface area contributed by atoms with Gasteiger partial charge in [0.2, 0.25) is 5.75 Å². The minimum Gasteiger partial charge on any atom is -0.493 e. The van der Waals surface area contributed by atoms with Crippen LogP contribution in [0.15, 0.2) is 24.5 Å². The molecule has 9 nitrogen and oxygen atoms in total. The van der Waals surface area contributed by atoms with Crippen LogP contribution in [0.25, 0.3) is 22.4 Å². The highest BCUT2D eigenvalue weighted by atomic mass is 28.3. The number of benzene rings is 1. The third kappa shape index (κ3) is 5.02. The topological polar surface area (TPSA) is 105 Å². The second-order valence-electron chi connectivity index (χ2n) is 8.51. The molecule has 1 aromatic carbocycles. The van der Waals surface area contributed by atoms with Crippen LogP contribution in [0.3, 0.4) is 0 Å². The van der Waals surface area contributed by atoms with E-state index in [4.69, 9.17) is 18.9 Å². The van der Waals surface area contributed by atoms with Crippen LogP contribution in [0.5, 0.6) is 17.2 Å². The number of carbonyl (C=O) groups is 1. The predicted molar refractivity (Wildman–Crippen MR) is 124 cm³/mol. The Labute approximate surface area is 187 Å². The van der Waals surface area contributed by atoms with E-state index in [1.807, 2.05) is 0 Å². The fourth-order valence-electron chi connectivity index (χ4n) is 3.22. The van der Waals surface area contributed by atoms with Crippen molar-refractivity contribution in [2.75, 3.05) is 27.9 Å². The molecule has 2 aromatic heterocycles. The molecule has 0 atom stereocenters. The first-order valence-corrected chi connectivity index (χ1v) is 13.9. The largest absolute Gasteiger partial charge is 0.493 e. The molecule has 172 valence electrons. The maximum atomic E-state index is 11.8. The van der Waals surface area contributed by atoms with Crippen LogP contribution >= 0.6 is 0 Å². The molecule has 0 saturated heterocycles. The Balaban J connectivity index is 2.00. The summed E-state index contributed by atoms with van der Waals surface area (Å²) in [5.74, 6) is 0.318. The highest BCUT2D eigenvalue weighted by Gasteiger charge is 2.20. The molecule has 0 amide bonds. The Bertz CT molecular complexity index is 1100. The van der Waals surface area contributed by atoms with Crippen LogP contribution in [0.2, 0.25) is 25.7 Å². The molecule has 0 saturated carbocycles. The number of aromatic nitrogens is 3. The zero-order chi connectivity index (χ0) is 23.5. The molecule has 3 aromatic rings. The van der Waals surface area contributed by atoms with E-state index in [2.05, 4.69) is 29.6 Å². The third-order valence-corrected chi connectivity index (χ3v) is 6.69. The maximum Gasteiger partial charge on any atom is 0.339 e. The van der Waals surface area contributed by atoms with Crippen LogP contribution in [0, 0.1) is 0 Å². The summed E-state index contributed by atoms with van der Waals surface area (Å²) in [5, 5.41) is 9.70. The average molecular weight is 460 g/mol. The molecule has 32 heavy (non-hydrogen) atoms. The van der Waals surface area contributed by atoms with Gasteiger partial charge in [-0.1, -0.05) is 19.6 Å². The Hall–Kier alpha value is -3.11.